The number of aryl methyl sites for hydroxylation is 2. The Bertz CT molecular complexity index is 1190. The van der Waals surface area contributed by atoms with Crippen LogP contribution in [0.15, 0.2) is 35.2 Å². The molecule has 3 aromatic rings. The van der Waals surface area contributed by atoms with E-state index in [1.165, 1.54) is 16.4 Å². The number of hydrogen-bond acceptors (Lipinski definition) is 5. The molecule has 0 spiro atoms. The van der Waals surface area contributed by atoms with E-state index in [1.807, 2.05) is 0 Å². The van der Waals surface area contributed by atoms with Crippen molar-refractivity contribution < 1.29 is 17.6 Å². The Morgan fingerprint density at radius 2 is 1.87 bits per heavy atom. The standard InChI is InChI=1S/C20H23FN6O3S/c1-12-19(13(2)24-23-12)31(29,30)27-9-7-14(8-10-27)17-11-18(26-25-17)20(28)22-16-6-4-3-5-15(16)21/h3-6,11,14H,7-10H2,1-2H3,(H,22,28)(H,23,24)(H,25,26). The molecule has 11 heteroatoms. The molecule has 1 amide bonds. The molecular weight excluding hydrogens is 423 g/mol. The van der Waals surface area contributed by atoms with Crippen LogP contribution in [-0.2, 0) is 10.0 Å². The van der Waals surface area contributed by atoms with Gasteiger partial charge in [-0.1, -0.05) is 12.1 Å². The fourth-order valence-corrected chi connectivity index (χ4v) is 5.67. The molecule has 0 saturated carbocycles. The Kier molecular flexibility index (Phi) is 5.63. The van der Waals surface area contributed by atoms with Crippen molar-refractivity contribution in [2.75, 3.05) is 18.4 Å². The van der Waals surface area contributed by atoms with E-state index in [4.69, 9.17) is 0 Å². The van der Waals surface area contributed by atoms with E-state index in [0.29, 0.717) is 37.3 Å². The van der Waals surface area contributed by atoms with E-state index >= 15 is 0 Å². The van der Waals surface area contributed by atoms with Gasteiger partial charge in [0.05, 0.1) is 17.1 Å². The number of aromatic amines is 2. The average molecular weight is 447 g/mol. The summed E-state index contributed by atoms with van der Waals surface area (Å²) in [4.78, 5) is 12.6. The van der Waals surface area contributed by atoms with Crippen molar-refractivity contribution in [1.82, 2.24) is 24.7 Å². The third kappa shape index (κ3) is 4.10. The number of nitrogens with one attached hydrogen (secondary N) is 3. The molecule has 31 heavy (non-hydrogen) atoms. The van der Waals surface area contributed by atoms with Crippen LogP contribution in [0.3, 0.4) is 0 Å². The van der Waals surface area contributed by atoms with Gasteiger partial charge in [-0.05, 0) is 44.9 Å². The van der Waals surface area contributed by atoms with E-state index in [9.17, 15) is 17.6 Å². The van der Waals surface area contributed by atoms with Crippen LogP contribution in [-0.4, -0.2) is 52.1 Å². The predicted octanol–water partition coefficient (Wildman–Crippen LogP) is 2.71. The zero-order valence-electron chi connectivity index (χ0n) is 17.1. The van der Waals surface area contributed by atoms with Gasteiger partial charge in [0.2, 0.25) is 10.0 Å². The molecule has 1 aliphatic rings. The summed E-state index contributed by atoms with van der Waals surface area (Å²) in [5.41, 5.74) is 1.97. The number of aromatic nitrogens is 4. The van der Waals surface area contributed by atoms with Crippen LogP contribution >= 0.6 is 0 Å². The second-order valence-corrected chi connectivity index (χ2v) is 9.46. The largest absolute Gasteiger partial charge is 0.318 e. The van der Waals surface area contributed by atoms with Crippen molar-refractivity contribution in [1.29, 1.82) is 0 Å². The molecule has 164 valence electrons. The number of H-pyrrole nitrogens is 2. The van der Waals surface area contributed by atoms with E-state index in [1.54, 1.807) is 32.0 Å². The van der Waals surface area contributed by atoms with Gasteiger partial charge in [-0.15, -0.1) is 0 Å². The number of benzene rings is 1. The summed E-state index contributed by atoms with van der Waals surface area (Å²) in [7, 11) is -3.62. The lowest BCUT2D eigenvalue weighted by Gasteiger charge is -2.30. The van der Waals surface area contributed by atoms with Crippen LogP contribution in [0.2, 0.25) is 0 Å². The van der Waals surface area contributed by atoms with Gasteiger partial charge in [-0.25, -0.2) is 12.8 Å². The SMILES string of the molecule is Cc1n[nH]c(C)c1S(=O)(=O)N1CCC(c2cc(C(=O)Nc3ccccc3F)n[nH]2)CC1. The molecule has 1 aliphatic heterocycles. The summed E-state index contributed by atoms with van der Waals surface area (Å²) < 4.78 is 41.2. The number of anilines is 1. The maximum absolute atomic E-state index is 13.7. The van der Waals surface area contributed by atoms with Gasteiger partial charge in [0.25, 0.3) is 5.91 Å². The number of carbonyl (C=O) groups excluding carboxylic acids is 1. The number of hydrogen-bond donors (Lipinski definition) is 3. The van der Waals surface area contributed by atoms with Crippen molar-refractivity contribution >= 4 is 21.6 Å². The number of nitrogens with zero attached hydrogens (tertiary/aromatic N) is 3. The van der Waals surface area contributed by atoms with Crippen molar-refractivity contribution in [2.24, 2.45) is 0 Å². The van der Waals surface area contributed by atoms with Gasteiger partial charge in [-0.3, -0.25) is 15.0 Å². The maximum Gasteiger partial charge on any atom is 0.276 e. The maximum atomic E-state index is 13.7. The second-order valence-electron chi connectivity index (χ2n) is 7.58. The molecule has 0 unspecified atom stereocenters. The normalized spacial score (nSPS) is 15.8. The van der Waals surface area contributed by atoms with Gasteiger partial charge in [0.1, 0.15) is 10.7 Å². The monoisotopic (exact) mass is 446 g/mol. The molecule has 4 rings (SSSR count). The topological polar surface area (TPSA) is 124 Å². The second kappa shape index (κ2) is 8.23. The van der Waals surface area contributed by atoms with Crippen LogP contribution in [0, 0.1) is 19.7 Å². The predicted molar refractivity (Wildman–Crippen MR) is 112 cm³/mol. The highest BCUT2D eigenvalue weighted by Crippen LogP contribution is 2.31. The summed E-state index contributed by atoms with van der Waals surface area (Å²) in [6.45, 7) is 4.07. The minimum Gasteiger partial charge on any atom is -0.318 e. The summed E-state index contributed by atoms with van der Waals surface area (Å²) >= 11 is 0. The van der Waals surface area contributed by atoms with E-state index in [-0.39, 0.29) is 22.2 Å². The van der Waals surface area contributed by atoms with Crippen molar-refractivity contribution in [3.63, 3.8) is 0 Å². The lowest BCUT2D eigenvalue weighted by Crippen LogP contribution is -2.38. The van der Waals surface area contributed by atoms with E-state index in [0.717, 1.165) is 5.69 Å². The quantitative estimate of drug-likeness (QED) is 0.556. The molecule has 1 saturated heterocycles. The Morgan fingerprint density at radius 3 is 2.52 bits per heavy atom. The average Bonchev–Trinajstić information content (AvgIpc) is 3.37. The number of amides is 1. The fraction of sp³-hybridized carbons (Fsp3) is 0.350. The van der Waals surface area contributed by atoms with Crippen molar-refractivity contribution in [2.45, 2.75) is 37.5 Å². The Balaban J connectivity index is 1.41. The van der Waals surface area contributed by atoms with E-state index < -0.39 is 21.7 Å². The van der Waals surface area contributed by atoms with E-state index in [2.05, 4.69) is 25.7 Å². The molecule has 0 bridgehead atoms. The first-order chi connectivity index (χ1) is 14.8. The van der Waals surface area contributed by atoms with Gasteiger partial charge in [-0.2, -0.15) is 14.5 Å². The highest BCUT2D eigenvalue weighted by atomic mass is 32.2. The molecule has 0 radical (unpaired) electrons. The summed E-state index contributed by atoms with van der Waals surface area (Å²) in [6.07, 6.45) is 1.18. The number of para-hydroxylation sites is 1. The fourth-order valence-electron chi connectivity index (χ4n) is 3.87. The molecule has 2 aromatic heterocycles. The minimum absolute atomic E-state index is 0.0421. The summed E-state index contributed by atoms with van der Waals surface area (Å²) in [6, 6.07) is 7.54. The first-order valence-corrected chi connectivity index (χ1v) is 11.3. The van der Waals surface area contributed by atoms with Crippen LogP contribution in [0.1, 0.15) is 46.3 Å². The molecular formula is C20H23FN6O3S. The van der Waals surface area contributed by atoms with Crippen molar-refractivity contribution in [3.05, 3.63) is 58.9 Å². The molecule has 9 nitrogen and oxygen atoms in total. The molecule has 0 aliphatic carbocycles. The van der Waals surface area contributed by atoms with Crippen LogP contribution < -0.4 is 5.32 Å². The van der Waals surface area contributed by atoms with Crippen LogP contribution in [0.5, 0.6) is 0 Å². The van der Waals surface area contributed by atoms with Gasteiger partial charge in [0.15, 0.2) is 5.69 Å². The highest BCUT2D eigenvalue weighted by Gasteiger charge is 2.33. The smallest absolute Gasteiger partial charge is 0.276 e. The van der Waals surface area contributed by atoms with Crippen LogP contribution in [0.25, 0.3) is 0 Å². The number of sulfonamides is 1. The summed E-state index contributed by atoms with van der Waals surface area (Å²) in [5, 5.41) is 16.1. The minimum atomic E-state index is -3.62. The first kappa shape index (κ1) is 21.2. The number of piperidine rings is 1. The molecule has 1 fully saturated rings. The van der Waals surface area contributed by atoms with Crippen LogP contribution in [0.4, 0.5) is 10.1 Å². The Morgan fingerprint density at radius 1 is 1.16 bits per heavy atom. The third-order valence-electron chi connectivity index (χ3n) is 5.50. The number of rotatable bonds is 5. The van der Waals surface area contributed by atoms with Gasteiger partial charge >= 0.3 is 0 Å². The van der Waals surface area contributed by atoms with Crippen molar-refractivity contribution in [3.8, 4) is 0 Å². The Hall–Kier alpha value is -3.05. The molecule has 3 N–H and O–H groups in total. The van der Waals surface area contributed by atoms with Gasteiger partial charge in [0, 0.05) is 24.7 Å². The molecule has 1 aromatic carbocycles. The summed E-state index contributed by atoms with van der Waals surface area (Å²) in [5.74, 6) is -0.998. The number of carbonyl (C=O) groups is 1. The molecule has 0 atom stereocenters. The number of halogens is 1. The highest BCUT2D eigenvalue weighted by molar-refractivity contribution is 7.89. The third-order valence-corrected chi connectivity index (χ3v) is 7.67. The zero-order valence-corrected chi connectivity index (χ0v) is 18.0. The zero-order chi connectivity index (χ0) is 22.2. The lowest BCUT2D eigenvalue weighted by atomic mass is 9.94. The lowest BCUT2D eigenvalue weighted by molar-refractivity contribution is 0.102. The Labute approximate surface area is 179 Å². The molecule has 3 heterocycles. The first-order valence-electron chi connectivity index (χ1n) is 9.90. The van der Waals surface area contributed by atoms with Gasteiger partial charge < -0.3 is 5.32 Å².